The van der Waals surface area contributed by atoms with Crippen molar-refractivity contribution in [3.63, 3.8) is 0 Å². The number of ether oxygens (including phenoxy) is 1. The van der Waals surface area contributed by atoms with E-state index < -0.39 is 10.0 Å². The fourth-order valence-electron chi connectivity index (χ4n) is 1.87. The third-order valence-electron chi connectivity index (χ3n) is 2.95. The molecule has 5 nitrogen and oxygen atoms in total. The van der Waals surface area contributed by atoms with Gasteiger partial charge in [-0.2, -0.15) is 0 Å². The highest BCUT2D eigenvalue weighted by Gasteiger charge is 2.20. The number of sulfonamides is 1. The lowest BCUT2D eigenvalue weighted by Gasteiger charge is -2.21. The standard InChI is InChI=1S/C14H24N2O3S/c1-2-19-12-13-20(17,18)16(11-9-15)10-8-14-6-4-3-5-7-14/h3-7H,2,8-13,15H2,1H3. The van der Waals surface area contributed by atoms with Crippen LogP contribution < -0.4 is 5.73 Å². The SMILES string of the molecule is CCOCCS(=O)(=O)N(CCN)CCc1ccccc1. The molecule has 6 heteroatoms. The average molecular weight is 300 g/mol. The minimum absolute atomic E-state index is 0.00955. The third kappa shape index (κ3) is 6.00. The van der Waals surface area contributed by atoms with E-state index in [9.17, 15) is 8.42 Å². The average Bonchev–Trinajstić information content (AvgIpc) is 2.44. The molecular weight excluding hydrogens is 276 g/mol. The zero-order valence-corrected chi connectivity index (χ0v) is 12.8. The molecule has 1 rings (SSSR count). The quantitative estimate of drug-likeness (QED) is 0.650. The van der Waals surface area contributed by atoms with E-state index >= 15 is 0 Å². The van der Waals surface area contributed by atoms with Crippen LogP contribution >= 0.6 is 0 Å². The molecule has 0 aromatic heterocycles. The Hall–Kier alpha value is -0.950. The smallest absolute Gasteiger partial charge is 0.216 e. The van der Waals surface area contributed by atoms with E-state index in [0.717, 1.165) is 5.56 Å². The van der Waals surface area contributed by atoms with E-state index in [-0.39, 0.29) is 12.4 Å². The Labute approximate surface area is 121 Å². The molecule has 0 saturated carbocycles. The number of nitrogens with two attached hydrogens (primary N) is 1. The monoisotopic (exact) mass is 300 g/mol. The maximum Gasteiger partial charge on any atom is 0.216 e. The van der Waals surface area contributed by atoms with Gasteiger partial charge in [0.15, 0.2) is 0 Å². The second-order valence-electron chi connectivity index (χ2n) is 4.44. The molecule has 0 bridgehead atoms. The van der Waals surface area contributed by atoms with Crippen LogP contribution in [0.1, 0.15) is 12.5 Å². The Kier molecular flexibility index (Phi) is 7.76. The molecule has 0 saturated heterocycles. The van der Waals surface area contributed by atoms with E-state index in [0.29, 0.717) is 32.7 Å². The van der Waals surface area contributed by atoms with Gasteiger partial charge in [0, 0.05) is 26.2 Å². The number of hydrogen-bond donors (Lipinski definition) is 1. The summed E-state index contributed by atoms with van der Waals surface area (Å²) < 4.78 is 31.0. The molecule has 0 aliphatic heterocycles. The highest BCUT2D eigenvalue weighted by Crippen LogP contribution is 2.06. The summed E-state index contributed by atoms with van der Waals surface area (Å²) in [5, 5.41) is 0. The molecule has 20 heavy (non-hydrogen) atoms. The van der Waals surface area contributed by atoms with E-state index in [1.807, 2.05) is 37.3 Å². The fraction of sp³-hybridized carbons (Fsp3) is 0.571. The van der Waals surface area contributed by atoms with Crippen LogP contribution in [-0.4, -0.2) is 51.3 Å². The minimum atomic E-state index is -3.30. The first-order valence-electron chi connectivity index (χ1n) is 6.89. The van der Waals surface area contributed by atoms with Crippen LogP contribution in [0.15, 0.2) is 30.3 Å². The summed E-state index contributed by atoms with van der Waals surface area (Å²) in [6, 6.07) is 9.83. The van der Waals surface area contributed by atoms with Gasteiger partial charge in [0.1, 0.15) is 0 Å². The van der Waals surface area contributed by atoms with E-state index in [1.165, 1.54) is 4.31 Å². The number of rotatable bonds is 10. The van der Waals surface area contributed by atoms with Crippen molar-refractivity contribution in [2.45, 2.75) is 13.3 Å². The Morgan fingerprint density at radius 3 is 2.50 bits per heavy atom. The van der Waals surface area contributed by atoms with Gasteiger partial charge in [-0.3, -0.25) is 0 Å². The molecule has 0 radical (unpaired) electrons. The molecule has 0 unspecified atom stereocenters. The zero-order valence-electron chi connectivity index (χ0n) is 12.0. The number of hydrogen-bond acceptors (Lipinski definition) is 4. The maximum atomic E-state index is 12.2. The summed E-state index contributed by atoms with van der Waals surface area (Å²) in [5.41, 5.74) is 6.63. The normalized spacial score (nSPS) is 11.9. The van der Waals surface area contributed by atoms with E-state index in [1.54, 1.807) is 0 Å². The molecule has 0 aliphatic rings. The molecular formula is C14H24N2O3S. The van der Waals surface area contributed by atoms with E-state index in [4.69, 9.17) is 10.5 Å². The minimum Gasteiger partial charge on any atom is -0.381 e. The van der Waals surface area contributed by atoms with Gasteiger partial charge in [0.05, 0.1) is 12.4 Å². The van der Waals surface area contributed by atoms with Crippen LogP contribution in [0.5, 0.6) is 0 Å². The fourth-order valence-corrected chi connectivity index (χ4v) is 3.21. The van der Waals surface area contributed by atoms with Crippen LogP contribution in [0.3, 0.4) is 0 Å². The van der Waals surface area contributed by atoms with E-state index in [2.05, 4.69) is 0 Å². The lowest BCUT2D eigenvalue weighted by molar-refractivity contribution is 0.162. The molecule has 2 N–H and O–H groups in total. The largest absolute Gasteiger partial charge is 0.381 e. The van der Waals surface area contributed by atoms with Crippen LogP contribution in [-0.2, 0) is 21.2 Å². The number of nitrogens with zero attached hydrogens (tertiary/aromatic N) is 1. The molecule has 0 aliphatic carbocycles. The van der Waals surface area contributed by atoms with Crippen molar-refractivity contribution >= 4 is 10.0 Å². The summed E-state index contributed by atoms with van der Waals surface area (Å²) >= 11 is 0. The van der Waals surface area contributed by atoms with Gasteiger partial charge >= 0.3 is 0 Å². The van der Waals surface area contributed by atoms with Gasteiger partial charge < -0.3 is 10.5 Å². The van der Waals surface area contributed by atoms with Crippen molar-refractivity contribution in [2.75, 3.05) is 38.6 Å². The first-order valence-corrected chi connectivity index (χ1v) is 8.50. The van der Waals surface area contributed by atoms with Gasteiger partial charge in [-0.05, 0) is 18.9 Å². The van der Waals surface area contributed by atoms with Crippen molar-refractivity contribution in [2.24, 2.45) is 5.73 Å². The first-order chi connectivity index (χ1) is 9.60. The molecule has 1 aromatic carbocycles. The Bertz CT molecular complexity index is 463. The Morgan fingerprint density at radius 1 is 1.20 bits per heavy atom. The van der Waals surface area contributed by atoms with Gasteiger partial charge in [-0.15, -0.1) is 0 Å². The zero-order chi connectivity index (χ0) is 14.8. The molecule has 0 spiro atoms. The maximum absolute atomic E-state index is 12.2. The van der Waals surface area contributed by atoms with Crippen molar-refractivity contribution in [1.29, 1.82) is 0 Å². The van der Waals surface area contributed by atoms with Gasteiger partial charge in [0.25, 0.3) is 0 Å². The summed E-state index contributed by atoms with van der Waals surface area (Å²) in [6.07, 6.45) is 0.689. The Balaban J connectivity index is 2.58. The van der Waals surface area contributed by atoms with Crippen LogP contribution in [0.4, 0.5) is 0 Å². The first kappa shape index (κ1) is 17.1. The predicted octanol–water partition coefficient (Wildman–Crippen LogP) is 0.856. The lowest BCUT2D eigenvalue weighted by atomic mass is 10.1. The topological polar surface area (TPSA) is 72.6 Å². The lowest BCUT2D eigenvalue weighted by Crippen LogP contribution is -2.39. The highest BCUT2D eigenvalue weighted by molar-refractivity contribution is 7.89. The van der Waals surface area contributed by atoms with Gasteiger partial charge in [0.2, 0.25) is 10.0 Å². The van der Waals surface area contributed by atoms with Crippen molar-refractivity contribution in [1.82, 2.24) is 4.31 Å². The molecule has 1 aromatic rings. The summed E-state index contributed by atoms with van der Waals surface area (Å²) in [4.78, 5) is 0. The summed E-state index contributed by atoms with van der Waals surface area (Å²) in [6.45, 7) is 3.72. The second-order valence-corrected chi connectivity index (χ2v) is 6.52. The molecule has 0 atom stereocenters. The summed E-state index contributed by atoms with van der Waals surface area (Å²) in [5.74, 6) is 0.00955. The van der Waals surface area contributed by atoms with Crippen LogP contribution in [0.2, 0.25) is 0 Å². The second kappa shape index (κ2) is 9.07. The Morgan fingerprint density at radius 2 is 1.90 bits per heavy atom. The summed E-state index contributed by atoms with van der Waals surface area (Å²) in [7, 11) is -3.30. The molecule has 0 amide bonds. The highest BCUT2D eigenvalue weighted by atomic mass is 32.2. The van der Waals surface area contributed by atoms with Crippen molar-refractivity contribution < 1.29 is 13.2 Å². The van der Waals surface area contributed by atoms with Crippen molar-refractivity contribution in [3.05, 3.63) is 35.9 Å². The molecule has 0 heterocycles. The van der Waals surface area contributed by atoms with Gasteiger partial charge in [-0.25, -0.2) is 12.7 Å². The third-order valence-corrected chi connectivity index (χ3v) is 4.79. The van der Waals surface area contributed by atoms with Crippen molar-refractivity contribution in [3.8, 4) is 0 Å². The van der Waals surface area contributed by atoms with Crippen LogP contribution in [0.25, 0.3) is 0 Å². The predicted molar refractivity (Wildman–Crippen MR) is 81.1 cm³/mol. The number of benzene rings is 1. The van der Waals surface area contributed by atoms with Gasteiger partial charge in [-0.1, -0.05) is 30.3 Å². The molecule has 0 fully saturated rings. The van der Waals surface area contributed by atoms with Crippen LogP contribution in [0, 0.1) is 0 Å². The molecule has 114 valence electrons.